The SMILES string of the molecule is Cc1ccc2oc(SCc3nc(C(=O)NCCN4CCCC4)co3)nc2c1. The third-order valence-electron chi connectivity index (χ3n) is 4.54. The topological polar surface area (TPSA) is 84.4 Å². The second-order valence-electron chi connectivity index (χ2n) is 6.67. The van der Waals surface area contributed by atoms with Gasteiger partial charge in [0.2, 0.25) is 5.89 Å². The summed E-state index contributed by atoms with van der Waals surface area (Å²) in [6.45, 7) is 5.76. The number of fused-ring (bicyclic) bond motifs is 1. The molecule has 0 bridgehead atoms. The van der Waals surface area contributed by atoms with Gasteiger partial charge in [0.1, 0.15) is 11.8 Å². The van der Waals surface area contributed by atoms with Crippen molar-refractivity contribution in [3.8, 4) is 0 Å². The predicted molar refractivity (Wildman–Crippen MR) is 103 cm³/mol. The molecule has 3 heterocycles. The fourth-order valence-corrected chi connectivity index (χ4v) is 3.80. The molecule has 1 saturated heterocycles. The van der Waals surface area contributed by atoms with Crippen LogP contribution in [0.2, 0.25) is 0 Å². The van der Waals surface area contributed by atoms with Crippen LogP contribution in [0, 0.1) is 6.92 Å². The molecule has 4 rings (SSSR count). The highest BCUT2D eigenvalue weighted by molar-refractivity contribution is 7.98. The Hall–Kier alpha value is -2.32. The molecule has 0 radical (unpaired) electrons. The maximum Gasteiger partial charge on any atom is 0.273 e. The number of aryl methyl sites for hydroxylation is 1. The minimum atomic E-state index is -0.202. The Kier molecular flexibility index (Phi) is 5.45. The lowest BCUT2D eigenvalue weighted by atomic mass is 10.2. The van der Waals surface area contributed by atoms with Crippen LogP contribution < -0.4 is 5.32 Å². The van der Waals surface area contributed by atoms with E-state index in [-0.39, 0.29) is 5.91 Å². The Morgan fingerprint density at radius 2 is 2.15 bits per heavy atom. The molecule has 0 saturated carbocycles. The zero-order chi connectivity index (χ0) is 18.6. The van der Waals surface area contributed by atoms with E-state index in [1.54, 1.807) is 0 Å². The number of carbonyl (C=O) groups is 1. The number of hydrogen-bond acceptors (Lipinski definition) is 7. The first-order valence-electron chi connectivity index (χ1n) is 9.12. The monoisotopic (exact) mass is 386 g/mol. The highest BCUT2D eigenvalue weighted by Crippen LogP contribution is 2.26. The van der Waals surface area contributed by atoms with Crippen molar-refractivity contribution in [3.63, 3.8) is 0 Å². The molecule has 0 aliphatic carbocycles. The Balaban J connectivity index is 1.28. The van der Waals surface area contributed by atoms with Crippen molar-refractivity contribution in [1.29, 1.82) is 0 Å². The van der Waals surface area contributed by atoms with Gasteiger partial charge in [-0.1, -0.05) is 17.8 Å². The number of amides is 1. The van der Waals surface area contributed by atoms with E-state index < -0.39 is 0 Å². The van der Waals surface area contributed by atoms with Crippen molar-refractivity contribution < 1.29 is 13.6 Å². The number of carbonyl (C=O) groups excluding carboxylic acids is 1. The normalized spacial score (nSPS) is 14.9. The van der Waals surface area contributed by atoms with Crippen LogP contribution in [0.3, 0.4) is 0 Å². The highest BCUT2D eigenvalue weighted by Gasteiger charge is 2.15. The number of oxazole rings is 2. The van der Waals surface area contributed by atoms with Crippen molar-refractivity contribution in [2.24, 2.45) is 0 Å². The van der Waals surface area contributed by atoms with Crippen LogP contribution in [0.5, 0.6) is 0 Å². The molecule has 1 N–H and O–H groups in total. The first-order valence-corrected chi connectivity index (χ1v) is 10.1. The van der Waals surface area contributed by atoms with Crippen LogP contribution >= 0.6 is 11.8 Å². The van der Waals surface area contributed by atoms with Crippen LogP contribution in [0.4, 0.5) is 0 Å². The summed E-state index contributed by atoms with van der Waals surface area (Å²) in [7, 11) is 0. The number of benzene rings is 1. The first kappa shape index (κ1) is 18.1. The van der Waals surface area contributed by atoms with Crippen molar-refractivity contribution >= 4 is 28.8 Å². The number of rotatable bonds is 7. The van der Waals surface area contributed by atoms with Gasteiger partial charge in [-0.05, 0) is 50.6 Å². The molecule has 0 spiro atoms. The molecule has 0 unspecified atom stereocenters. The molecule has 0 atom stereocenters. The number of nitrogens with zero attached hydrogens (tertiary/aromatic N) is 3. The van der Waals surface area contributed by atoms with Crippen molar-refractivity contribution in [1.82, 2.24) is 20.2 Å². The molecule has 1 aromatic carbocycles. The quantitative estimate of drug-likeness (QED) is 0.624. The van der Waals surface area contributed by atoms with Gasteiger partial charge in [-0.3, -0.25) is 4.79 Å². The zero-order valence-electron chi connectivity index (χ0n) is 15.2. The van der Waals surface area contributed by atoms with Crippen LogP contribution in [0.15, 0.2) is 38.5 Å². The molecule has 1 aliphatic rings. The summed E-state index contributed by atoms with van der Waals surface area (Å²) in [6.07, 6.45) is 3.90. The summed E-state index contributed by atoms with van der Waals surface area (Å²) in [5, 5.41) is 3.46. The first-order chi connectivity index (χ1) is 13.2. The summed E-state index contributed by atoms with van der Waals surface area (Å²) in [5.74, 6) is 0.724. The Bertz CT molecular complexity index is 930. The van der Waals surface area contributed by atoms with Gasteiger partial charge in [0.05, 0.1) is 5.75 Å². The third-order valence-corrected chi connectivity index (χ3v) is 5.35. The maximum atomic E-state index is 12.2. The number of thioether (sulfide) groups is 1. The average molecular weight is 386 g/mol. The second kappa shape index (κ2) is 8.14. The molecule has 1 fully saturated rings. The van der Waals surface area contributed by atoms with E-state index >= 15 is 0 Å². The Morgan fingerprint density at radius 3 is 3.00 bits per heavy atom. The summed E-state index contributed by atoms with van der Waals surface area (Å²) < 4.78 is 11.1. The summed E-state index contributed by atoms with van der Waals surface area (Å²) in [5.41, 5.74) is 3.04. The third kappa shape index (κ3) is 4.51. The van der Waals surface area contributed by atoms with Gasteiger partial charge in [-0.15, -0.1) is 0 Å². The second-order valence-corrected chi connectivity index (χ2v) is 7.60. The van der Waals surface area contributed by atoms with Gasteiger partial charge in [0.15, 0.2) is 11.3 Å². The molecule has 1 aliphatic heterocycles. The maximum absolute atomic E-state index is 12.2. The lowest BCUT2D eigenvalue weighted by molar-refractivity contribution is 0.0944. The van der Waals surface area contributed by atoms with Crippen LogP contribution in [0.1, 0.15) is 34.8 Å². The number of nitrogens with one attached hydrogen (secondary N) is 1. The molecule has 7 nitrogen and oxygen atoms in total. The number of likely N-dealkylation sites (tertiary alicyclic amines) is 1. The summed E-state index contributed by atoms with van der Waals surface area (Å²) in [4.78, 5) is 23.2. The van der Waals surface area contributed by atoms with Crippen LogP contribution in [-0.4, -0.2) is 47.0 Å². The van der Waals surface area contributed by atoms with Gasteiger partial charge in [0.25, 0.3) is 11.1 Å². The van der Waals surface area contributed by atoms with Gasteiger partial charge in [-0.25, -0.2) is 9.97 Å². The van der Waals surface area contributed by atoms with Crippen molar-refractivity contribution in [3.05, 3.63) is 41.6 Å². The van der Waals surface area contributed by atoms with Crippen LogP contribution in [0.25, 0.3) is 11.1 Å². The fraction of sp³-hybridized carbons (Fsp3) is 0.421. The average Bonchev–Trinajstić information content (AvgIpc) is 3.40. The summed E-state index contributed by atoms with van der Waals surface area (Å²) >= 11 is 1.39. The largest absolute Gasteiger partial charge is 0.447 e. The fourth-order valence-electron chi connectivity index (χ4n) is 3.11. The van der Waals surface area contributed by atoms with E-state index in [1.807, 2.05) is 25.1 Å². The lowest BCUT2D eigenvalue weighted by Crippen LogP contribution is -2.33. The molecule has 1 amide bonds. The number of aromatic nitrogens is 2. The summed E-state index contributed by atoms with van der Waals surface area (Å²) in [6, 6.07) is 5.89. The van der Waals surface area contributed by atoms with E-state index in [9.17, 15) is 4.79 Å². The van der Waals surface area contributed by atoms with E-state index in [2.05, 4.69) is 20.2 Å². The van der Waals surface area contributed by atoms with Gasteiger partial charge in [0, 0.05) is 13.1 Å². The zero-order valence-corrected chi connectivity index (χ0v) is 16.1. The standard InChI is InChI=1S/C19H22N4O3S/c1-13-4-5-16-14(10-13)22-19(26-16)27-12-17-21-15(11-25-17)18(24)20-6-9-23-7-2-3-8-23/h4-5,10-11H,2-3,6-9,12H2,1H3,(H,20,24). The van der Waals surface area contributed by atoms with Crippen LogP contribution in [-0.2, 0) is 5.75 Å². The van der Waals surface area contributed by atoms with E-state index in [0.717, 1.165) is 36.3 Å². The molecule has 142 valence electrons. The highest BCUT2D eigenvalue weighted by atomic mass is 32.2. The molecular formula is C19H22N4O3S. The number of hydrogen-bond donors (Lipinski definition) is 1. The lowest BCUT2D eigenvalue weighted by Gasteiger charge is -2.14. The van der Waals surface area contributed by atoms with Gasteiger partial charge >= 0.3 is 0 Å². The minimum Gasteiger partial charge on any atom is -0.447 e. The van der Waals surface area contributed by atoms with Gasteiger partial charge in [-0.2, -0.15) is 0 Å². The van der Waals surface area contributed by atoms with E-state index in [0.29, 0.717) is 29.1 Å². The molecule has 3 aromatic rings. The van der Waals surface area contributed by atoms with Crippen molar-refractivity contribution in [2.75, 3.05) is 26.2 Å². The Morgan fingerprint density at radius 1 is 1.30 bits per heavy atom. The molecule has 2 aromatic heterocycles. The predicted octanol–water partition coefficient (Wildman–Crippen LogP) is 3.24. The van der Waals surface area contributed by atoms with E-state index in [1.165, 1.54) is 30.9 Å². The smallest absolute Gasteiger partial charge is 0.273 e. The van der Waals surface area contributed by atoms with Gasteiger partial charge < -0.3 is 19.1 Å². The Labute approximate surface area is 161 Å². The molecule has 27 heavy (non-hydrogen) atoms. The minimum absolute atomic E-state index is 0.202. The molecular weight excluding hydrogens is 364 g/mol. The van der Waals surface area contributed by atoms with Crippen molar-refractivity contribution in [2.45, 2.75) is 30.7 Å². The van der Waals surface area contributed by atoms with E-state index in [4.69, 9.17) is 8.83 Å². The molecule has 8 heteroatoms.